The van der Waals surface area contributed by atoms with E-state index < -0.39 is 0 Å². The van der Waals surface area contributed by atoms with Gasteiger partial charge >= 0.3 is 0 Å². The largest absolute Gasteiger partial charge is 0.397 e. The Hall–Kier alpha value is -2.55. The van der Waals surface area contributed by atoms with Crippen molar-refractivity contribution in [3.05, 3.63) is 60.3 Å². The molecule has 0 saturated heterocycles. The van der Waals surface area contributed by atoms with Gasteiger partial charge in [-0.1, -0.05) is 12.1 Å². The molecular weight excluding hydrogens is 234 g/mol. The minimum Gasteiger partial charge on any atom is -0.397 e. The standard InChI is InChI=1S/C16H15N3/c1-11-7-8-16(13(17)10-11)19-15-6-2-5-14-12(15)4-3-9-18-14/h2-10,19H,17H2,1H3. The number of nitrogen functional groups attached to an aromatic ring is 1. The van der Waals surface area contributed by atoms with Gasteiger partial charge in [0.25, 0.3) is 0 Å². The van der Waals surface area contributed by atoms with Crippen LogP contribution in [0.3, 0.4) is 0 Å². The van der Waals surface area contributed by atoms with Gasteiger partial charge in [-0.3, -0.25) is 4.98 Å². The molecule has 3 N–H and O–H groups in total. The van der Waals surface area contributed by atoms with E-state index in [1.165, 1.54) is 0 Å². The molecule has 0 atom stereocenters. The molecule has 19 heavy (non-hydrogen) atoms. The Morgan fingerprint density at radius 2 is 1.89 bits per heavy atom. The van der Waals surface area contributed by atoms with Crippen molar-refractivity contribution in [2.24, 2.45) is 0 Å². The number of aryl methyl sites for hydroxylation is 1. The van der Waals surface area contributed by atoms with Gasteiger partial charge in [0.15, 0.2) is 0 Å². The smallest absolute Gasteiger partial charge is 0.0722 e. The molecule has 0 amide bonds. The van der Waals surface area contributed by atoms with Crippen molar-refractivity contribution in [3.63, 3.8) is 0 Å². The molecule has 0 aliphatic rings. The fourth-order valence-corrected chi connectivity index (χ4v) is 2.15. The van der Waals surface area contributed by atoms with Crippen molar-refractivity contribution in [1.29, 1.82) is 0 Å². The normalized spacial score (nSPS) is 10.6. The highest BCUT2D eigenvalue weighted by molar-refractivity contribution is 5.94. The molecule has 0 unspecified atom stereocenters. The number of hydrogen-bond donors (Lipinski definition) is 2. The lowest BCUT2D eigenvalue weighted by molar-refractivity contribution is 1.41. The first kappa shape index (κ1) is 11.5. The van der Waals surface area contributed by atoms with Crippen LogP contribution in [0.5, 0.6) is 0 Å². The first-order chi connectivity index (χ1) is 9.24. The molecule has 0 bridgehead atoms. The summed E-state index contributed by atoms with van der Waals surface area (Å²) in [5.41, 5.74) is 10.8. The van der Waals surface area contributed by atoms with Crippen LogP contribution in [0, 0.1) is 6.92 Å². The topological polar surface area (TPSA) is 50.9 Å². The number of nitrogens with one attached hydrogen (secondary N) is 1. The van der Waals surface area contributed by atoms with Gasteiger partial charge in [-0.15, -0.1) is 0 Å². The molecule has 1 aromatic heterocycles. The summed E-state index contributed by atoms with van der Waals surface area (Å²) >= 11 is 0. The maximum atomic E-state index is 6.04. The lowest BCUT2D eigenvalue weighted by atomic mass is 10.1. The highest BCUT2D eigenvalue weighted by Gasteiger charge is 2.04. The van der Waals surface area contributed by atoms with Crippen molar-refractivity contribution in [1.82, 2.24) is 4.98 Å². The maximum absolute atomic E-state index is 6.04. The average molecular weight is 249 g/mol. The Kier molecular flexibility index (Phi) is 2.80. The van der Waals surface area contributed by atoms with Crippen molar-refractivity contribution in [2.75, 3.05) is 11.1 Å². The number of pyridine rings is 1. The minimum absolute atomic E-state index is 0.751. The Balaban J connectivity index is 2.06. The van der Waals surface area contributed by atoms with Crippen LogP contribution < -0.4 is 11.1 Å². The molecule has 2 aromatic carbocycles. The number of benzene rings is 2. The second kappa shape index (κ2) is 4.61. The third kappa shape index (κ3) is 2.22. The van der Waals surface area contributed by atoms with Gasteiger partial charge in [-0.25, -0.2) is 0 Å². The first-order valence-electron chi connectivity index (χ1n) is 6.21. The van der Waals surface area contributed by atoms with E-state index in [0.29, 0.717) is 0 Å². The molecule has 0 aliphatic carbocycles. The highest BCUT2D eigenvalue weighted by atomic mass is 14.9. The fourth-order valence-electron chi connectivity index (χ4n) is 2.15. The van der Waals surface area contributed by atoms with Crippen LogP contribution in [0.2, 0.25) is 0 Å². The second-order valence-electron chi connectivity index (χ2n) is 4.59. The molecule has 1 heterocycles. The number of hydrogen-bond acceptors (Lipinski definition) is 3. The Morgan fingerprint density at radius 3 is 2.74 bits per heavy atom. The molecule has 0 saturated carbocycles. The molecule has 3 aromatic rings. The van der Waals surface area contributed by atoms with E-state index in [0.717, 1.165) is 33.5 Å². The zero-order chi connectivity index (χ0) is 13.2. The predicted molar refractivity (Wildman–Crippen MR) is 80.6 cm³/mol. The summed E-state index contributed by atoms with van der Waals surface area (Å²) in [5.74, 6) is 0. The van der Waals surface area contributed by atoms with Gasteiger partial charge < -0.3 is 11.1 Å². The molecule has 0 aliphatic heterocycles. The zero-order valence-corrected chi connectivity index (χ0v) is 10.7. The molecule has 0 fully saturated rings. The highest BCUT2D eigenvalue weighted by Crippen LogP contribution is 2.28. The van der Waals surface area contributed by atoms with Gasteiger partial charge in [0.05, 0.1) is 16.9 Å². The molecule has 0 radical (unpaired) electrons. The number of aromatic nitrogens is 1. The number of fused-ring (bicyclic) bond motifs is 1. The predicted octanol–water partition coefficient (Wildman–Crippen LogP) is 3.87. The molecule has 3 nitrogen and oxygen atoms in total. The van der Waals surface area contributed by atoms with E-state index in [-0.39, 0.29) is 0 Å². The van der Waals surface area contributed by atoms with E-state index in [1.807, 2.05) is 49.4 Å². The van der Waals surface area contributed by atoms with Crippen molar-refractivity contribution in [3.8, 4) is 0 Å². The number of rotatable bonds is 2. The summed E-state index contributed by atoms with van der Waals surface area (Å²) in [6, 6.07) is 16.0. The summed E-state index contributed by atoms with van der Waals surface area (Å²) in [5, 5.41) is 4.47. The van der Waals surface area contributed by atoms with Gasteiger partial charge in [-0.2, -0.15) is 0 Å². The summed E-state index contributed by atoms with van der Waals surface area (Å²) in [6.07, 6.45) is 1.80. The summed E-state index contributed by atoms with van der Waals surface area (Å²) in [4.78, 5) is 4.35. The van der Waals surface area contributed by atoms with E-state index >= 15 is 0 Å². The third-order valence-electron chi connectivity index (χ3n) is 3.12. The van der Waals surface area contributed by atoms with Gasteiger partial charge in [0, 0.05) is 17.3 Å². The van der Waals surface area contributed by atoms with Gasteiger partial charge in [0.1, 0.15) is 0 Å². The minimum atomic E-state index is 0.751. The van der Waals surface area contributed by atoms with Crippen LogP contribution in [-0.2, 0) is 0 Å². The van der Waals surface area contributed by atoms with Crippen LogP contribution in [0.25, 0.3) is 10.9 Å². The Labute approximate surface area is 112 Å². The van der Waals surface area contributed by atoms with Crippen LogP contribution in [-0.4, -0.2) is 4.98 Å². The van der Waals surface area contributed by atoms with E-state index in [9.17, 15) is 0 Å². The first-order valence-corrected chi connectivity index (χ1v) is 6.21. The van der Waals surface area contributed by atoms with Crippen LogP contribution in [0.4, 0.5) is 17.1 Å². The van der Waals surface area contributed by atoms with E-state index in [2.05, 4.69) is 16.4 Å². The van der Waals surface area contributed by atoms with Gasteiger partial charge in [-0.05, 0) is 48.9 Å². The SMILES string of the molecule is Cc1ccc(Nc2cccc3ncccc23)c(N)c1. The van der Waals surface area contributed by atoms with Crippen LogP contribution in [0.15, 0.2) is 54.7 Å². The summed E-state index contributed by atoms with van der Waals surface area (Å²) in [6.45, 7) is 2.03. The third-order valence-corrected chi connectivity index (χ3v) is 3.12. The fraction of sp³-hybridized carbons (Fsp3) is 0.0625. The summed E-state index contributed by atoms with van der Waals surface area (Å²) in [7, 11) is 0. The molecule has 0 spiro atoms. The van der Waals surface area contributed by atoms with Crippen molar-refractivity contribution < 1.29 is 0 Å². The zero-order valence-electron chi connectivity index (χ0n) is 10.7. The monoisotopic (exact) mass is 249 g/mol. The Bertz CT molecular complexity index is 730. The maximum Gasteiger partial charge on any atom is 0.0722 e. The van der Waals surface area contributed by atoms with Gasteiger partial charge in [0.2, 0.25) is 0 Å². The van der Waals surface area contributed by atoms with Crippen LogP contribution >= 0.6 is 0 Å². The summed E-state index contributed by atoms with van der Waals surface area (Å²) < 4.78 is 0. The van der Waals surface area contributed by atoms with Crippen molar-refractivity contribution >= 4 is 28.0 Å². The molecule has 94 valence electrons. The number of nitrogens with zero attached hydrogens (tertiary/aromatic N) is 1. The molecule has 3 heteroatoms. The van der Waals surface area contributed by atoms with E-state index in [1.54, 1.807) is 6.20 Å². The quantitative estimate of drug-likeness (QED) is 0.678. The second-order valence-corrected chi connectivity index (χ2v) is 4.59. The lowest BCUT2D eigenvalue weighted by Gasteiger charge is -2.12. The van der Waals surface area contributed by atoms with E-state index in [4.69, 9.17) is 5.73 Å². The lowest BCUT2D eigenvalue weighted by Crippen LogP contribution is -1.97. The van der Waals surface area contributed by atoms with Crippen LogP contribution in [0.1, 0.15) is 5.56 Å². The van der Waals surface area contributed by atoms with Crippen molar-refractivity contribution in [2.45, 2.75) is 6.92 Å². The molecular formula is C16H15N3. The molecule has 3 rings (SSSR count). The number of nitrogens with two attached hydrogens (primary N) is 1. The Morgan fingerprint density at radius 1 is 1.00 bits per heavy atom. The average Bonchev–Trinajstić information content (AvgIpc) is 2.42. The number of anilines is 3.